The van der Waals surface area contributed by atoms with Gasteiger partial charge in [0.05, 0.1) is 11.0 Å². The quantitative estimate of drug-likeness (QED) is 0.917. The number of hydrogen-bond donors (Lipinski definition) is 1. The summed E-state index contributed by atoms with van der Waals surface area (Å²) in [6.45, 7) is 9.30. The Balaban J connectivity index is 2.19. The van der Waals surface area contributed by atoms with Crippen LogP contribution in [0, 0.1) is 13.8 Å². The van der Waals surface area contributed by atoms with Crippen molar-refractivity contribution in [1.82, 2.24) is 9.55 Å². The van der Waals surface area contributed by atoms with Gasteiger partial charge in [-0.05, 0) is 63.8 Å². The first-order chi connectivity index (χ1) is 8.85. The fourth-order valence-corrected chi connectivity index (χ4v) is 2.63. The zero-order valence-corrected chi connectivity index (χ0v) is 12.3. The molecule has 0 radical (unpaired) electrons. The predicted molar refractivity (Wildman–Crippen MR) is 79.4 cm³/mol. The van der Waals surface area contributed by atoms with Gasteiger partial charge in [0.15, 0.2) is 0 Å². The maximum Gasteiger partial charge on any atom is 0.113 e. The third kappa shape index (κ3) is 2.39. The summed E-state index contributed by atoms with van der Waals surface area (Å²) in [5, 5.41) is 0. The second-order valence-electron chi connectivity index (χ2n) is 6.74. The third-order valence-electron chi connectivity index (χ3n) is 3.90. The van der Waals surface area contributed by atoms with Gasteiger partial charge in [0.2, 0.25) is 0 Å². The number of imidazole rings is 1. The van der Waals surface area contributed by atoms with Gasteiger partial charge in [-0.2, -0.15) is 0 Å². The number of hydrogen-bond acceptors (Lipinski definition) is 2. The smallest absolute Gasteiger partial charge is 0.113 e. The predicted octanol–water partition coefficient (Wildman–Crippen LogP) is 3.27. The first-order valence-corrected chi connectivity index (χ1v) is 7.11. The van der Waals surface area contributed by atoms with E-state index in [1.807, 2.05) is 0 Å². The summed E-state index contributed by atoms with van der Waals surface area (Å²) < 4.78 is 2.35. The largest absolute Gasteiger partial charge is 0.326 e. The van der Waals surface area contributed by atoms with Gasteiger partial charge in [0, 0.05) is 18.0 Å². The number of nitrogens with zero attached hydrogens (tertiary/aromatic N) is 2. The summed E-state index contributed by atoms with van der Waals surface area (Å²) in [4.78, 5) is 4.87. The highest BCUT2D eigenvalue weighted by Gasteiger charge is 2.30. The third-order valence-corrected chi connectivity index (χ3v) is 3.90. The van der Waals surface area contributed by atoms with Crippen molar-refractivity contribution < 1.29 is 0 Å². The van der Waals surface area contributed by atoms with E-state index < -0.39 is 0 Å². The zero-order chi connectivity index (χ0) is 13.8. The molecule has 1 heterocycles. The van der Waals surface area contributed by atoms with Gasteiger partial charge in [-0.15, -0.1) is 0 Å². The second kappa shape index (κ2) is 4.07. The Morgan fingerprint density at radius 1 is 1.26 bits per heavy atom. The molecule has 3 rings (SSSR count). The summed E-state index contributed by atoms with van der Waals surface area (Å²) in [7, 11) is 0. The molecule has 1 aliphatic carbocycles. The van der Waals surface area contributed by atoms with Gasteiger partial charge >= 0.3 is 0 Å². The molecule has 102 valence electrons. The highest BCUT2D eigenvalue weighted by molar-refractivity contribution is 5.78. The van der Waals surface area contributed by atoms with E-state index in [1.54, 1.807) is 0 Å². The molecule has 1 aliphatic rings. The van der Waals surface area contributed by atoms with Crippen molar-refractivity contribution in [1.29, 1.82) is 0 Å². The van der Waals surface area contributed by atoms with Crippen molar-refractivity contribution in [2.45, 2.75) is 58.5 Å². The number of aromatic nitrogens is 2. The van der Waals surface area contributed by atoms with E-state index in [0.29, 0.717) is 5.92 Å². The van der Waals surface area contributed by atoms with Crippen molar-refractivity contribution in [2.24, 2.45) is 5.73 Å². The first kappa shape index (κ1) is 12.7. The lowest BCUT2D eigenvalue weighted by Gasteiger charge is -2.21. The topological polar surface area (TPSA) is 43.8 Å². The van der Waals surface area contributed by atoms with Gasteiger partial charge in [-0.3, -0.25) is 0 Å². The molecule has 19 heavy (non-hydrogen) atoms. The van der Waals surface area contributed by atoms with Crippen LogP contribution in [0.15, 0.2) is 12.1 Å². The lowest BCUT2D eigenvalue weighted by Crippen LogP contribution is -2.37. The summed E-state index contributed by atoms with van der Waals surface area (Å²) in [5.74, 6) is 1.88. The second-order valence-corrected chi connectivity index (χ2v) is 6.74. The Labute approximate surface area is 114 Å². The van der Waals surface area contributed by atoms with E-state index in [4.69, 9.17) is 10.7 Å². The molecule has 0 aliphatic heterocycles. The molecule has 1 aromatic heterocycles. The van der Waals surface area contributed by atoms with Crippen LogP contribution in [0.3, 0.4) is 0 Å². The molecule has 1 saturated carbocycles. The van der Waals surface area contributed by atoms with Crippen LogP contribution in [0.25, 0.3) is 11.0 Å². The van der Waals surface area contributed by atoms with Gasteiger partial charge in [0.1, 0.15) is 5.82 Å². The number of rotatable bonds is 3. The van der Waals surface area contributed by atoms with Crippen molar-refractivity contribution in [2.75, 3.05) is 0 Å². The summed E-state index contributed by atoms with van der Waals surface area (Å²) >= 11 is 0. The molecule has 0 saturated heterocycles. The fraction of sp³-hybridized carbons (Fsp3) is 0.562. The van der Waals surface area contributed by atoms with Crippen LogP contribution in [0.1, 0.15) is 49.6 Å². The number of aryl methyl sites for hydroxylation is 2. The average molecular weight is 257 g/mol. The molecule has 0 unspecified atom stereocenters. The maximum atomic E-state index is 6.23. The van der Waals surface area contributed by atoms with E-state index in [1.165, 1.54) is 35.3 Å². The zero-order valence-electron chi connectivity index (χ0n) is 12.3. The van der Waals surface area contributed by atoms with Gasteiger partial charge in [-0.1, -0.05) is 0 Å². The van der Waals surface area contributed by atoms with Crippen LogP contribution in [0.2, 0.25) is 0 Å². The fourth-order valence-electron chi connectivity index (χ4n) is 2.63. The van der Waals surface area contributed by atoms with Crippen LogP contribution in [-0.2, 0) is 6.54 Å². The van der Waals surface area contributed by atoms with Crippen LogP contribution in [0.5, 0.6) is 0 Å². The normalized spacial score (nSPS) is 16.3. The molecule has 2 aromatic rings. The molecular weight excluding hydrogens is 234 g/mol. The lowest BCUT2D eigenvalue weighted by atomic mass is 10.1. The number of fused-ring (bicyclic) bond motifs is 1. The molecule has 1 fully saturated rings. The number of benzene rings is 1. The number of nitrogens with two attached hydrogens (primary N) is 1. The summed E-state index contributed by atoms with van der Waals surface area (Å²) in [5.41, 5.74) is 11.0. The van der Waals surface area contributed by atoms with Crippen LogP contribution < -0.4 is 5.73 Å². The Kier molecular flexibility index (Phi) is 2.72. The molecule has 0 bridgehead atoms. The highest BCUT2D eigenvalue weighted by atomic mass is 15.1. The molecule has 0 atom stereocenters. The maximum absolute atomic E-state index is 6.23. The van der Waals surface area contributed by atoms with Crippen LogP contribution in [0.4, 0.5) is 0 Å². The first-order valence-electron chi connectivity index (χ1n) is 7.11. The molecule has 0 spiro atoms. The Bertz CT molecular complexity index is 627. The van der Waals surface area contributed by atoms with Crippen molar-refractivity contribution in [3.63, 3.8) is 0 Å². The molecule has 0 amide bonds. The van der Waals surface area contributed by atoms with Gasteiger partial charge in [-0.25, -0.2) is 4.98 Å². The van der Waals surface area contributed by atoms with Gasteiger partial charge in [0.25, 0.3) is 0 Å². The summed E-state index contributed by atoms with van der Waals surface area (Å²) in [6, 6.07) is 4.46. The Morgan fingerprint density at radius 2 is 1.89 bits per heavy atom. The van der Waals surface area contributed by atoms with E-state index in [-0.39, 0.29) is 5.54 Å². The highest BCUT2D eigenvalue weighted by Crippen LogP contribution is 2.41. The van der Waals surface area contributed by atoms with Crippen molar-refractivity contribution in [3.8, 4) is 0 Å². The minimum Gasteiger partial charge on any atom is -0.326 e. The summed E-state index contributed by atoms with van der Waals surface area (Å²) in [6.07, 6.45) is 2.54. The molecule has 3 nitrogen and oxygen atoms in total. The molecular formula is C16H23N3. The lowest BCUT2D eigenvalue weighted by molar-refractivity contribution is 0.432. The standard InChI is InChI=1S/C16H23N3/c1-10-7-13-14(8-11(10)2)19(9-16(3,4)17)15(18-13)12-5-6-12/h7-8,12H,5-6,9,17H2,1-4H3. The molecule has 2 N–H and O–H groups in total. The Morgan fingerprint density at radius 3 is 2.47 bits per heavy atom. The van der Waals surface area contributed by atoms with Gasteiger partial charge < -0.3 is 10.3 Å². The SMILES string of the molecule is Cc1cc2nc(C3CC3)n(CC(C)(C)N)c2cc1C. The van der Waals surface area contributed by atoms with E-state index in [2.05, 4.69) is 44.4 Å². The Hall–Kier alpha value is -1.35. The average Bonchev–Trinajstić information content (AvgIpc) is 3.06. The molecule has 1 aromatic carbocycles. The minimum absolute atomic E-state index is 0.212. The van der Waals surface area contributed by atoms with Crippen LogP contribution in [-0.4, -0.2) is 15.1 Å². The molecule has 3 heteroatoms. The van der Waals surface area contributed by atoms with E-state index >= 15 is 0 Å². The van der Waals surface area contributed by atoms with Crippen molar-refractivity contribution >= 4 is 11.0 Å². The van der Waals surface area contributed by atoms with Crippen LogP contribution >= 0.6 is 0 Å². The minimum atomic E-state index is -0.212. The van der Waals surface area contributed by atoms with E-state index in [0.717, 1.165) is 12.1 Å². The monoisotopic (exact) mass is 257 g/mol. The van der Waals surface area contributed by atoms with E-state index in [9.17, 15) is 0 Å². The van der Waals surface area contributed by atoms with Crippen molar-refractivity contribution in [3.05, 3.63) is 29.1 Å².